The standard InChI is InChI=1S/C23H17ClFN5O2/c24-13-1-2-17(25)15(9-13)20-27-11-18-21(30-20)29-19(28-18)12-3-6-23(7-4-12)16-10-26-8-5-14(16)22(31)32-23/h1-2,5,8-12H,3-4,6-7H2,(H,27,28,29,30)/t12-,23-. The largest absolute Gasteiger partial charge is 0.450 e. The molecular formula is C23H17ClFN5O2. The van der Waals surface area contributed by atoms with Crippen LogP contribution in [0.5, 0.6) is 0 Å². The van der Waals surface area contributed by atoms with E-state index in [9.17, 15) is 9.18 Å². The number of pyridine rings is 1. The summed E-state index contributed by atoms with van der Waals surface area (Å²) in [7, 11) is 0. The average Bonchev–Trinajstić information content (AvgIpc) is 3.35. The minimum atomic E-state index is -0.597. The highest BCUT2D eigenvalue weighted by molar-refractivity contribution is 6.30. The van der Waals surface area contributed by atoms with Crippen LogP contribution in [-0.4, -0.2) is 30.9 Å². The summed E-state index contributed by atoms with van der Waals surface area (Å²) in [5.41, 5.74) is 2.30. The fourth-order valence-corrected chi connectivity index (χ4v) is 4.94. The Kier molecular flexibility index (Phi) is 4.26. The van der Waals surface area contributed by atoms with Crippen LogP contribution < -0.4 is 0 Å². The summed E-state index contributed by atoms with van der Waals surface area (Å²) in [5.74, 6) is 0.493. The minimum absolute atomic E-state index is 0.167. The predicted octanol–water partition coefficient (Wildman–Crippen LogP) is 4.93. The lowest BCUT2D eigenvalue weighted by Crippen LogP contribution is -2.31. The van der Waals surface area contributed by atoms with Crippen LogP contribution in [0.4, 0.5) is 4.39 Å². The lowest BCUT2D eigenvalue weighted by atomic mass is 9.75. The van der Waals surface area contributed by atoms with Crippen molar-refractivity contribution in [1.82, 2.24) is 24.9 Å². The minimum Gasteiger partial charge on any atom is -0.450 e. The van der Waals surface area contributed by atoms with Crippen LogP contribution in [0.1, 0.15) is 53.3 Å². The summed E-state index contributed by atoms with van der Waals surface area (Å²) < 4.78 is 20.0. The number of aromatic nitrogens is 5. The van der Waals surface area contributed by atoms with E-state index in [1.165, 1.54) is 18.2 Å². The molecule has 1 aromatic carbocycles. The molecule has 1 saturated carbocycles. The molecule has 6 rings (SSSR count). The van der Waals surface area contributed by atoms with E-state index in [0.29, 0.717) is 34.6 Å². The van der Waals surface area contributed by atoms with E-state index >= 15 is 0 Å². The van der Waals surface area contributed by atoms with Crippen LogP contribution in [0.25, 0.3) is 22.6 Å². The molecule has 2 aliphatic rings. The van der Waals surface area contributed by atoms with Crippen molar-refractivity contribution in [2.24, 2.45) is 0 Å². The molecule has 0 unspecified atom stereocenters. The van der Waals surface area contributed by atoms with Crippen LogP contribution in [0, 0.1) is 5.82 Å². The van der Waals surface area contributed by atoms with Crippen molar-refractivity contribution in [2.75, 3.05) is 0 Å². The zero-order chi connectivity index (χ0) is 21.9. The number of ether oxygens (including phenoxy) is 1. The van der Waals surface area contributed by atoms with E-state index in [1.807, 2.05) is 0 Å². The lowest BCUT2D eigenvalue weighted by molar-refractivity contribution is -0.0313. The van der Waals surface area contributed by atoms with Gasteiger partial charge in [-0.05, 0) is 49.9 Å². The molecule has 1 N–H and O–H groups in total. The number of nitrogens with zero attached hydrogens (tertiary/aromatic N) is 4. The predicted molar refractivity (Wildman–Crippen MR) is 115 cm³/mol. The maximum atomic E-state index is 14.2. The number of halogens is 2. The quantitative estimate of drug-likeness (QED) is 0.436. The van der Waals surface area contributed by atoms with Crippen LogP contribution >= 0.6 is 11.6 Å². The fourth-order valence-electron chi connectivity index (χ4n) is 4.77. The highest BCUT2D eigenvalue weighted by atomic mass is 35.5. The Bertz CT molecular complexity index is 1380. The summed E-state index contributed by atoms with van der Waals surface area (Å²) in [6, 6.07) is 6.00. The molecule has 1 spiro atoms. The number of H-pyrrole nitrogens is 1. The normalized spacial score (nSPS) is 22.3. The maximum Gasteiger partial charge on any atom is 0.339 e. The molecule has 3 aromatic heterocycles. The van der Waals surface area contributed by atoms with Gasteiger partial charge in [-0.1, -0.05) is 11.6 Å². The molecule has 7 nitrogen and oxygen atoms in total. The molecule has 9 heteroatoms. The van der Waals surface area contributed by atoms with Gasteiger partial charge in [0, 0.05) is 28.9 Å². The molecule has 0 radical (unpaired) electrons. The number of imidazole rings is 1. The summed E-state index contributed by atoms with van der Waals surface area (Å²) in [4.78, 5) is 33.2. The summed E-state index contributed by atoms with van der Waals surface area (Å²) >= 11 is 6.00. The third-order valence-electron chi connectivity index (χ3n) is 6.43. The Morgan fingerprint density at radius 1 is 1.12 bits per heavy atom. The van der Waals surface area contributed by atoms with E-state index in [0.717, 1.165) is 24.2 Å². The first-order valence-electron chi connectivity index (χ1n) is 10.4. The van der Waals surface area contributed by atoms with Crippen LogP contribution in [0.15, 0.2) is 42.9 Å². The van der Waals surface area contributed by atoms with E-state index in [4.69, 9.17) is 16.3 Å². The topological polar surface area (TPSA) is 93.6 Å². The molecule has 1 fully saturated rings. The van der Waals surface area contributed by atoms with Gasteiger partial charge in [-0.15, -0.1) is 0 Å². The van der Waals surface area contributed by atoms with Gasteiger partial charge in [0.1, 0.15) is 22.8 Å². The Balaban J connectivity index is 1.27. The summed E-state index contributed by atoms with van der Waals surface area (Å²) in [5, 5.41) is 0.410. The zero-order valence-electron chi connectivity index (χ0n) is 16.8. The number of carbonyl (C=O) groups is 1. The summed E-state index contributed by atoms with van der Waals surface area (Å²) in [6.07, 6.45) is 7.96. The molecule has 1 aliphatic heterocycles. The molecule has 1 aliphatic carbocycles. The van der Waals surface area contributed by atoms with Crippen molar-refractivity contribution in [2.45, 2.75) is 37.2 Å². The number of carbonyl (C=O) groups excluding carboxylic acids is 1. The van der Waals surface area contributed by atoms with Gasteiger partial charge in [-0.2, -0.15) is 0 Å². The van der Waals surface area contributed by atoms with Gasteiger partial charge >= 0.3 is 5.97 Å². The number of rotatable bonds is 2. The zero-order valence-corrected chi connectivity index (χ0v) is 17.6. The maximum absolute atomic E-state index is 14.2. The molecule has 4 aromatic rings. The number of fused-ring (bicyclic) bond motifs is 3. The Morgan fingerprint density at radius 3 is 2.81 bits per heavy atom. The third-order valence-corrected chi connectivity index (χ3v) is 6.66. The fraction of sp³-hybridized carbons (Fsp3) is 0.261. The second-order valence-electron chi connectivity index (χ2n) is 8.26. The van der Waals surface area contributed by atoms with Crippen molar-refractivity contribution in [3.63, 3.8) is 0 Å². The molecule has 32 heavy (non-hydrogen) atoms. The number of aromatic amines is 1. The van der Waals surface area contributed by atoms with Crippen molar-refractivity contribution in [3.05, 3.63) is 70.6 Å². The Morgan fingerprint density at radius 2 is 1.97 bits per heavy atom. The highest BCUT2D eigenvalue weighted by Gasteiger charge is 2.48. The number of hydrogen-bond donors (Lipinski definition) is 1. The van der Waals surface area contributed by atoms with E-state index in [-0.39, 0.29) is 23.3 Å². The van der Waals surface area contributed by atoms with Gasteiger partial charge < -0.3 is 9.72 Å². The lowest BCUT2D eigenvalue weighted by Gasteiger charge is -2.35. The number of nitrogens with one attached hydrogen (secondary N) is 1. The van der Waals surface area contributed by atoms with Crippen molar-refractivity contribution >= 4 is 28.7 Å². The smallest absolute Gasteiger partial charge is 0.339 e. The van der Waals surface area contributed by atoms with Crippen LogP contribution in [0.3, 0.4) is 0 Å². The number of benzene rings is 1. The van der Waals surface area contributed by atoms with Crippen molar-refractivity contribution in [3.8, 4) is 11.4 Å². The molecule has 4 heterocycles. The second kappa shape index (κ2) is 7.06. The first-order valence-corrected chi connectivity index (χ1v) is 10.8. The first-order chi connectivity index (χ1) is 15.5. The van der Waals surface area contributed by atoms with Gasteiger partial charge in [-0.3, -0.25) is 4.98 Å². The average molecular weight is 450 g/mol. The Labute approximate surface area is 187 Å². The molecule has 0 amide bonds. The monoisotopic (exact) mass is 449 g/mol. The molecular weight excluding hydrogens is 433 g/mol. The van der Waals surface area contributed by atoms with Gasteiger partial charge in [0.05, 0.1) is 17.3 Å². The highest BCUT2D eigenvalue weighted by Crippen LogP contribution is 2.49. The van der Waals surface area contributed by atoms with E-state index in [1.54, 1.807) is 24.7 Å². The van der Waals surface area contributed by atoms with E-state index < -0.39 is 11.4 Å². The van der Waals surface area contributed by atoms with Gasteiger partial charge in [0.25, 0.3) is 0 Å². The second-order valence-corrected chi connectivity index (χ2v) is 8.69. The molecule has 0 bridgehead atoms. The number of esters is 1. The SMILES string of the molecule is O=C1O[C@]2(CC[C@H](c3nc4nc(-c5cc(Cl)ccc5F)ncc4[nH]3)CC2)c2cnccc21. The van der Waals surface area contributed by atoms with Crippen molar-refractivity contribution in [1.29, 1.82) is 0 Å². The summed E-state index contributed by atoms with van der Waals surface area (Å²) in [6.45, 7) is 0. The third kappa shape index (κ3) is 2.97. The molecule has 0 atom stereocenters. The number of hydrogen-bond acceptors (Lipinski definition) is 6. The van der Waals surface area contributed by atoms with Crippen LogP contribution in [-0.2, 0) is 10.3 Å². The van der Waals surface area contributed by atoms with Crippen LogP contribution in [0.2, 0.25) is 5.02 Å². The Hall–Kier alpha value is -3.39. The van der Waals surface area contributed by atoms with Crippen molar-refractivity contribution < 1.29 is 13.9 Å². The van der Waals surface area contributed by atoms with Gasteiger partial charge in [0.2, 0.25) is 0 Å². The van der Waals surface area contributed by atoms with E-state index in [2.05, 4.69) is 24.9 Å². The van der Waals surface area contributed by atoms with Gasteiger partial charge in [0.15, 0.2) is 11.5 Å². The first kappa shape index (κ1) is 19.3. The molecule has 160 valence electrons. The molecule has 0 saturated heterocycles. The van der Waals surface area contributed by atoms with Gasteiger partial charge in [-0.25, -0.2) is 24.1 Å².